The van der Waals surface area contributed by atoms with Crippen molar-refractivity contribution in [3.8, 4) is 5.75 Å². The van der Waals surface area contributed by atoms with E-state index in [4.69, 9.17) is 33.0 Å². The molecular formula is C10H13Cl2NO2. The molecule has 0 amide bonds. The van der Waals surface area contributed by atoms with E-state index in [-0.39, 0.29) is 6.61 Å². The normalized spacial score (nSPS) is 10.2. The summed E-state index contributed by atoms with van der Waals surface area (Å²) in [5.74, 6) is 0.567. The standard InChI is InChI=1S/C10H13Cl2NO2/c1-13(3-4-14)9-6-7(11)5-8(12)10(9)15-2/h5-6,14H,3-4H2,1-2H3. The zero-order chi connectivity index (χ0) is 11.4. The average Bonchev–Trinajstić information content (AvgIpc) is 2.17. The SMILES string of the molecule is COc1c(Cl)cc(Cl)cc1N(C)CCO. The van der Waals surface area contributed by atoms with Crippen molar-refractivity contribution in [1.29, 1.82) is 0 Å². The van der Waals surface area contributed by atoms with Gasteiger partial charge in [-0.2, -0.15) is 0 Å². The maximum atomic E-state index is 8.85. The minimum Gasteiger partial charge on any atom is -0.493 e. The molecule has 1 aromatic rings. The highest BCUT2D eigenvalue weighted by Gasteiger charge is 2.12. The minimum absolute atomic E-state index is 0.0593. The number of aliphatic hydroxyl groups is 1. The van der Waals surface area contributed by atoms with E-state index in [9.17, 15) is 0 Å². The van der Waals surface area contributed by atoms with Gasteiger partial charge in [0.1, 0.15) is 0 Å². The summed E-state index contributed by atoms with van der Waals surface area (Å²) in [5, 5.41) is 9.86. The molecule has 0 heterocycles. The molecule has 84 valence electrons. The van der Waals surface area contributed by atoms with Crippen molar-refractivity contribution >= 4 is 28.9 Å². The molecule has 0 aromatic heterocycles. The topological polar surface area (TPSA) is 32.7 Å². The molecule has 1 N–H and O–H groups in total. The van der Waals surface area contributed by atoms with E-state index >= 15 is 0 Å². The molecule has 3 nitrogen and oxygen atoms in total. The Morgan fingerprint density at radius 1 is 1.40 bits per heavy atom. The molecule has 0 atom stereocenters. The van der Waals surface area contributed by atoms with E-state index in [1.165, 1.54) is 0 Å². The van der Waals surface area contributed by atoms with Crippen LogP contribution >= 0.6 is 23.2 Å². The maximum Gasteiger partial charge on any atom is 0.160 e. The fourth-order valence-electron chi connectivity index (χ4n) is 1.30. The van der Waals surface area contributed by atoms with Crippen LogP contribution in [-0.2, 0) is 0 Å². The van der Waals surface area contributed by atoms with Crippen LogP contribution in [0.2, 0.25) is 10.0 Å². The number of methoxy groups -OCH3 is 1. The van der Waals surface area contributed by atoms with Gasteiger partial charge in [0.05, 0.1) is 24.4 Å². The molecule has 1 aromatic carbocycles. The predicted molar refractivity (Wildman–Crippen MR) is 63.4 cm³/mol. The van der Waals surface area contributed by atoms with Crippen LogP contribution in [0.15, 0.2) is 12.1 Å². The number of likely N-dealkylation sites (N-methyl/N-ethyl adjacent to an activating group) is 1. The zero-order valence-electron chi connectivity index (χ0n) is 8.63. The number of nitrogens with zero attached hydrogens (tertiary/aromatic N) is 1. The lowest BCUT2D eigenvalue weighted by Gasteiger charge is -2.21. The van der Waals surface area contributed by atoms with Crippen molar-refractivity contribution in [2.24, 2.45) is 0 Å². The first-order valence-electron chi connectivity index (χ1n) is 4.45. The van der Waals surface area contributed by atoms with E-state index in [1.807, 2.05) is 11.9 Å². The van der Waals surface area contributed by atoms with Crippen LogP contribution in [0.5, 0.6) is 5.75 Å². The summed E-state index contributed by atoms with van der Waals surface area (Å²) in [5.41, 5.74) is 0.768. The summed E-state index contributed by atoms with van der Waals surface area (Å²) >= 11 is 11.9. The van der Waals surface area contributed by atoms with Gasteiger partial charge in [0, 0.05) is 18.6 Å². The largest absolute Gasteiger partial charge is 0.493 e. The van der Waals surface area contributed by atoms with Crippen LogP contribution in [0.4, 0.5) is 5.69 Å². The molecular weight excluding hydrogens is 237 g/mol. The lowest BCUT2D eigenvalue weighted by Crippen LogP contribution is -2.21. The second-order valence-electron chi connectivity index (χ2n) is 3.09. The molecule has 0 saturated carbocycles. The third-order valence-corrected chi connectivity index (χ3v) is 2.54. The molecule has 5 heteroatoms. The Balaban J connectivity index is 3.13. The Hall–Kier alpha value is -0.640. The number of hydrogen-bond acceptors (Lipinski definition) is 3. The van der Waals surface area contributed by atoms with Gasteiger partial charge in [-0.15, -0.1) is 0 Å². The molecule has 0 fully saturated rings. The van der Waals surface area contributed by atoms with Gasteiger partial charge in [0.25, 0.3) is 0 Å². The Bertz CT molecular complexity index is 344. The summed E-state index contributed by atoms with van der Waals surface area (Å²) in [4.78, 5) is 1.83. The average molecular weight is 250 g/mol. The lowest BCUT2D eigenvalue weighted by atomic mass is 10.2. The second kappa shape index (κ2) is 5.45. The van der Waals surface area contributed by atoms with E-state index < -0.39 is 0 Å². The summed E-state index contributed by atoms with van der Waals surface area (Å²) < 4.78 is 5.18. The predicted octanol–water partition coefficient (Wildman–Crippen LogP) is 2.43. The van der Waals surface area contributed by atoms with E-state index in [1.54, 1.807) is 19.2 Å². The van der Waals surface area contributed by atoms with Crippen molar-refractivity contribution in [1.82, 2.24) is 0 Å². The fourth-order valence-corrected chi connectivity index (χ4v) is 1.86. The fraction of sp³-hybridized carbons (Fsp3) is 0.400. The Morgan fingerprint density at radius 3 is 2.60 bits per heavy atom. The second-order valence-corrected chi connectivity index (χ2v) is 3.93. The first-order valence-corrected chi connectivity index (χ1v) is 5.20. The molecule has 0 saturated heterocycles. The number of anilines is 1. The third-order valence-electron chi connectivity index (χ3n) is 2.04. The summed E-state index contributed by atoms with van der Waals surface area (Å²) in [6.07, 6.45) is 0. The quantitative estimate of drug-likeness (QED) is 0.890. The molecule has 1 rings (SSSR count). The Morgan fingerprint density at radius 2 is 2.07 bits per heavy atom. The summed E-state index contributed by atoms with van der Waals surface area (Å²) in [6, 6.07) is 3.38. The maximum absolute atomic E-state index is 8.85. The molecule has 0 spiro atoms. The number of hydrogen-bond donors (Lipinski definition) is 1. The van der Waals surface area contributed by atoms with Crippen molar-refractivity contribution in [2.75, 3.05) is 32.2 Å². The van der Waals surface area contributed by atoms with Gasteiger partial charge < -0.3 is 14.7 Å². The van der Waals surface area contributed by atoms with Gasteiger partial charge in [-0.05, 0) is 12.1 Å². The molecule has 0 aliphatic carbocycles. The van der Waals surface area contributed by atoms with Crippen LogP contribution in [0.25, 0.3) is 0 Å². The number of aliphatic hydroxyl groups excluding tert-OH is 1. The van der Waals surface area contributed by atoms with Crippen molar-refractivity contribution in [3.05, 3.63) is 22.2 Å². The first-order chi connectivity index (χ1) is 7.10. The van der Waals surface area contributed by atoms with Gasteiger partial charge in [-0.25, -0.2) is 0 Å². The van der Waals surface area contributed by atoms with Crippen LogP contribution < -0.4 is 9.64 Å². The summed E-state index contributed by atoms with van der Waals surface area (Å²) in [6.45, 7) is 0.552. The molecule has 0 bridgehead atoms. The van der Waals surface area contributed by atoms with Gasteiger partial charge in [-0.3, -0.25) is 0 Å². The van der Waals surface area contributed by atoms with Gasteiger partial charge in [0.2, 0.25) is 0 Å². The van der Waals surface area contributed by atoms with Crippen molar-refractivity contribution in [3.63, 3.8) is 0 Å². The zero-order valence-corrected chi connectivity index (χ0v) is 10.1. The van der Waals surface area contributed by atoms with Crippen LogP contribution in [0.3, 0.4) is 0 Å². The van der Waals surface area contributed by atoms with E-state index in [0.717, 1.165) is 5.69 Å². The lowest BCUT2D eigenvalue weighted by molar-refractivity contribution is 0.303. The molecule has 0 aliphatic heterocycles. The molecule has 15 heavy (non-hydrogen) atoms. The van der Waals surface area contributed by atoms with Gasteiger partial charge in [-0.1, -0.05) is 23.2 Å². The van der Waals surface area contributed by atoms with Gasteiger partial charge >= 0.3 is 0 Å². The minimum atomic E-state index is 0.0593. The first kappa shape index (κ1) is 12.4. The van der Waals surface area contributed by atoms with Crippen molar-refractivity contribution < 1.29 is 9.84 Å². The van der Waals surface area contributed by atoms with Crippen LogP contribution in [0.1, 0.15) is 0 Å². The summed E-state index contributed by atoms with van der Waals surface area (Å²) in [7, 11) is 3.38. The number of benzene rings is 1. The van der Waals surface area contributed by atoms with Crippen LogP contribution in [-0.4, -0.2) is 32.4 Å². The molecule has 0 aliphatic rings. The number of halogens is 2. The van der Waals surface area contributed by atoms with E-state index in [2.05, 4.69) is 0 Å². The highest BCUT2D eigenvalue weighted by molar-refractivity contribution is 6.36. The third kappa shape index (κ3) is 2.91. The van der Waals surface area contributed by atoms with Crippen molar-refractivity contribution in [2.45, 2.75) is 0 Å². The monoisotopic (exact) mass is 249 g/mol. The number of ether oxygens (including phenoxy) is 1. The smallest absolute Gasteiger partial charge is 0.160 e. The van der Waals surface area contributed by atoms with Crippen LogP contribution in [0, 0.1) is 0 Å². The Kier molecular flexibility index (Phi) is 4.51. The highest BCUT2D eigenvalue weighted by Crippen LogP contribution is 2.37. The van der Waals surface area contributed by atoms with E-state index in [0.29, 0.717) is 22.3 Å². The van der Waals surface area contributed by atoms with Gasteiger partial charge in [0.15, 0.2) is 5.75 Å². The Labute approximate surface area is 99.2 Å². The molecule has 0 unspecified atom stereocenters. The number of rotatable bonds is 4. The molecule has 0 radical (unpaired) electrons. The highest BCUT2D eigenvalue weighted by atomic mass is 35.5.